The molecule has 0 radical (unpaired) electrons. The van der Waals surface area contributed by atoms with Crippen molar-refractivity contribution >= 4 is 23.3 Å². The number of hydrogen-bond acceptors (Lipinski definition) is 4. The van der Waals surface area contributed by atoms with Crippen molar-refractivity contribution in [1.82, 2.24) is 4.90 Å². The van der Waals surface area contributed by atoms with Gasteiger partial charge in [-0.1, -0.05) is 32.6 Å². The number of likely N-dealkylation sites (tertiary alicyclic amines) is 1. The number of nitrogens with zero attached hydrogens (tertiary/aromatic N) is 1. The first-order chi connectivity index (χ1) is 14.5. The number of carbonyl (C=O) groups excluding carboxylic acids is 3. The maximum atomic E-state index is 13.0. The quantitative estimate of drug-likeness (QED) is 0.716. The van der Waals surface area contributed by atoms with Crippen LogP contribution in [0.1, 0.15) is 68.6 Å². The fourth-order valence-electron chi connectivity index (χ4n) is 5.18. The highest BCUT2D eigenvalue weighted by atomic mass is 16.5. The second-order valence-electron chi connectivity index (χ2n) is 9.00. The van der Waals surface area contributed by atoms with Crippen molar-refractivity contribution < 1.29 is 19.1 Å². The minimum atomic E-state index is -0.206. The van der Waals surface area contributed by atoms with Gasteiger partial charge in [0.05, 0.1) is 5.69 Å². The van der Waals surface area contributed by atoms with Crippen LogP contribution in [0.4, 0.5) is 5.69 Å². The van der Waals surface area contributed by atoms with Gasteiger partial charge < -0.3 is 15.0 Å². The third kappa shape index (κ3) is 4.52. The standard InChI is InChI=1S/C24H32N2O4/c1-2-17(13-16-5-3-4-6-16)24(29)26-11-9-18(10-12-26)23(28)19-7-8-21-20(14-19)25-22(27)15-30-21/h7-8,14,16-18H,2-6,9-13,15H2,1H3,(H,25,27). The lowest BCUT2D eigenvalue weighted by Crippen LogP contribution is -2.43. The number of ether oxygens (including phenoxy) is 1. The van der Waals surface area contributed by atoms with Crippen LogP contribution in [-0.2, 0) is 9.59 Å². The highest BCUT2D eigenvalue weighted by Crippen LogP contribution is 2.34. The molecule has 2 heterocycles. The summed E-state index contributed by atoms with van der Waals surface area (Å²) in [5.41, 5.74) is 1.15. The Morgan fingerprint density at radius 1 is 1.17 bits per heavy atom. The van der Waals surface area contributed by atoms with Crippen molar-refractivity contribution in [1.29, 1.82) is 0 Å². The molecule has 2 amide bonds. The summed E-state index contributed by atoms with van der Waals surface area (Å²) >= 11 is 0. The number of Topliss-reactive ketones (excluding diaryl/α,β-unsaturated/α-hetero) is 1. The number of rotatable bonds is 6. The molecule has 162 valence electrons. The summed E-state index contributed by atoms with van der Waals surface area (Å²) in [5.74, 6) is 1.52. The van der Waals surface area contributed by atoms with E-state index in [0.717, 1.165) is 12.8 Å². The maximum absolute atomic E-state index is 13.0. The molecule has 4 rings (SSSR count). The first-order valence-electron chi connectivity index (χ1n) is 11.4. The topological polar surface area (TPSA) is 75.7 Å². The van der Waals surface area contributed by atoms with Crippen molar-refractivity contribution in [2.75, 3.05) is 25.0 Å². The molecular formula is C24H32N2O4. The van der Waals surface area contributed by atoms with E-state index in [0.29, 0.717) is 48.8 Å². The third-order valence-electron chi connectivity index (χ3n) is 7.01. The number of hydrogen-bond donors (Lipinski definition) is 1. The number of piperidine rings is 1. The molecule has 1 saturated carbocycles. The molecule has 2 aliphatic heterocycles. The van der Waals surface area contributed by atoms with E-state index in [1.807, 2.05) is 4.90 Å². The van der Waals surface area contributed by atoms with Crippen LogP contribution in [0.5, 0.6) is 5.75 Å². The SMILES string of the molecule is CCC(CC1CCCC1)C(=O)N1CCC(C(=O)c2ccc3c(c2)NC(=O)CO3)CC1. The van der Waals surface area contributed by atoms with Gasteiger partial charge in [0.1, 0.15) is 5.75 Å². The molecule has 1 N–H and O–H groups in total. The smallest absolute Gasteiger partial charge is 0.262 e. The van der Waals surface area contributed by atoms with Crippen LogP contribution in [0, 0.1) is 17.8 Å². The maximum Gasteiger partial charge on any atom is 0.262 e. The summed E-state index contributed by atoms with van der Waals surface area (Å²) in [4.78, 5) is 39.6. The molecule has 0 bridgehead atoms. The van der Waals surface area contributed by atoms with Crippen LogP contribution in [0.25, 0.3) is 0 Å². The Hall–Kier alpha value is -2.37. The van der Waals surface area contributed by atoms with E-state index in [1.165, 1.54) is 25.7 Å². The van der Waals surface area contributed by atoms with Gasteiger partial charge in [-0.3, -0.25) is 14.4 Å². The normalized spacial score (nSPS) is 21.0. The lowest BCUT2D eigenvalue weighted by molar-refractivity contribution is -0.137. The van der Waals surface area contributed by atoms with E-state index in [4.69, 9.17) is 4.74 Å². The minimum absolute atomic E-state index is 0.00623. The zero-order valence-electron chi connectivity index (χ0n) is 17.8. The summed E-state index contributed by atoms with van der Waals surface area (Å²) in [6.07, 6.45) is 8.48. The Balaban J connectivity index is 1.33. The Morgan fingerprint density at radius 2 is 1.90 bits per heavy atom. The number of benzene rings is 1. The molecule has 1 unspecified atom stereocenters. The number of amides is 2. The number of nitrogens with one attached hydrogen (secondary N) is 1. The van der Waals surface area contributed by atoms with Gasteiger partial charge in [0.25, 0.3) is 5.91 Å². The summed E-state index contributed by atoms with van der Waals surface area (Å²) in [5, 5.41) is 2.76. The van der Waals surface area contributed by atoms with Crippen LogP contribution in [0.2, 0.25) is 0 Å². The molecule has 1 aromatic rings. The first kappa shape index (κ1) is 20.9. The molecule has 1 aliphatic carbocycles. The van der Waals surface area contributed by atoms with Crippen LogP contribution in [0.3, 0.4) is 0 Å². The predicted molar refractivity (Wildman–Crippen MR) is 115 cm³/mol. The zero-order valence-corrected chi connectivity index (χ0v) is 17.8. The van der Waals surface area contributed by atoms with Gasteiger partial charge in [0, 0.05) is 30.5 Å². The van der Waals surface area contributed by atoms with Crippen LogP contribution in [0.15, 0.2) is 18.2 Å². The van der Waals surface area contributed by atoms with Crippen molar-refractivity contribution in [3.63, 3.8) is 0 Å². The van der Waals surface area contributed by atoms with E-state index in [9.17, 15) is 14.4 Å². The van der Waals surface area contributed by atoms with E-state index in [-0.39, 0.29) is 36.0 Å². The molecule has 3 aliphatic rings. The Labute approximate surface area is 178 Å². The minimum Gasteiger partial charge on any atom is -0.482 e. The fourth-order valence-corrected chi connectivity index (χ4v) is 5.18. The van der Waals surface area contributed by atoms with Crippen molar-refractivity contribution in [2.45, 2.75) is 58.3 Å². The van der Waals surface area contributed by atoms with Crippen LogP contribution < -0.4 is 10.1 Å². The van der Waals surface area contributed by atoms with Gasteiger partial charge in [0.15, 0.2) is 12.4 Å². The van der Waals surface area contributed by atoms with Crippen molar-refractivity contribution in [3.8, 4) is 5.75 Å². The lowest BCUT2D eigenvalue weighted by Gasteiger charge is -2.34. The van der Waals surface area contributed by atoms with Crippen molar-refractivity contribution in [2.24, 2.45) is 17.8 Å². The molecule has 30 heavy (non-hydrogen) atoms. The average molecular weight is 413 g/mol. The van der Waals surface area contributed by atoms with E-state index >= 15 is 0 Å². The van der Waals surface area contributed by atoms with Gasteiger partial charge >= 0.3 is 0 Å². The summed E-state index contributed by atoms with van der Waals surface area (Å²) in [6.45, 7) is 3.43. The summed E-state index contributed by atoms with van der Waals surface area (Å²) in [7, 11) is 0. The molecule has 1 aromatic carbocycles. The lowest BCUT2D eigenvalue weighted by atomic mass is 9.86. The number of fused-ring (bicyclic) bond motifs is 1. The first-order valence-corrected chi connectivity index (χ1v) is 11.4. The van der Waals surface area contributed by atoms with Gasteiger partial charge in [-0.2, -0.15) is 0 Å². The van der Waals surface area contributed by atoms with Crippen molar-refractivity contribution in [3.05, 3.63) is 23.8 Å². The molecule has 1 atom stereocenters. The summed E-state index contributed by atoms with van der Waals surface area (Å²) in [6, 6.07) is 5.22. The largest absolute Gasteiger partial charge is 0.482 e. The fraction of sp³-hybridized carbons (Fsp3) is 0.625. The Kier molecular flexibility index (Phi) is 6.40. The number of carbonyl (C=O) groups is 3. The van der Waals surface area contributed by atoms with Gasteiger partial charge in [0.2, 0.25) is 5.91 Å². The van der Waals surface area contributed by atoms with Crippen LogP contribution in [-0.4, -0.2) is 42.2 Å². The van der Waals surface area contributed by atoms with Crippen LogP contribution >= 0.6 is 0 Å². The summed E-state index contributed by atoms with van der Waals surface area (Å²) < 4.78 is 5.37. The second kappa shape index (κ2) is 9.19. The zero-order chi connectivity index (χ0) is 21.1. The van der Waals surface area contributed by atoms with E-state index in [2.05, 4.69) is 12.2 Å². The van der Waals surface area contributed by atoms with E-state index in [1.54, 1.807) is 18.2 Å². The molecule has 0 aromatic heterocycles. The molecule has 2 fully saturated rings. The second-order valence-corrected chi connectivity index (χ2v) is 9.00. The van der Waals surface area contributed by atoms with Gasteiger partial charge in [-0.25, -0.2) is 0 Å². The molecule has 6 heteroatoms. The Morgan fingerprint density at radius 3 is 2.60 bits per heavy atom. The highest BCUT2D eigenvalue weighted by molar-refractivity contribution is 6.01. The van der Waals surface area contributed by atoms with Gasteiger partial charge in [-0.05, 0) is 49.8 Å². The van der Waals surface area contributed by atoms with Gasteiger partial charge in [-0.15, -0.1) is 0 Å². The Bertz CT molecular complexity index is 807. The monoisotopic (exact) mass is 412 g/mol. The molecular weight excluding hydrogens is 380 g/mol. The molecule has 1 saturated heterocycles. The van der Waals surface area contributed by atoms with E-state index < -0.39 is 0 Å². The molecule has 6 nitrogen and oxygen atoms in total. The number of ketones is 1. The number of anilines is 1. The third-order valence-corrected chi connectivity index (χ3v) is 7.01. The highest BCUT2D eigenvalue weighted by Gasteiger charge is 2.32. The average Bonchev–Trinajstić information content (AvgIpc) is 3.29. The molecule has 0 spiro atoms. The predicted octanol–water partition coefficient (Wildman–Crippen LogP) is 4.05.